The van der Waals surface area contributed by atoms with Crippen molar-refractivity contribution in [2.24, 2.45) is 0 Å². The minimum atomic E-state index is 0.000000000000000444. The van der Waals surface area contributed by atoms with Crippen molar-refractivity contribution < 1.29 is 4.79 Å². The third kappa shape index (κ3) is 2.79. The number of nitrogens with one attached hydrogen (secondary N) is 1. The number of carbonyl (C=O) groups excluding carboxylic acids is 1. The van der Waals surface area contributed by atoms with Gasteiger partial charge in [0.1, 0.15) is 0 Å². The molecule has 2 nitrogen and oxygen atoms in total. The van der Waals surface area contributed by atoms with Crippen LogP contribution >= 0.6 is 27.5 Å². The van der Waals surface area contributed by atoms with Gasteiger partial charge in [-0.15, -0.1) is 0 Å². The molecule has 0 amide bonds. The Labute approximate surface area is 90.4 Å². The smallest absolute Gasteiger partial charge is 0.178 e. The SMILES string of the molecule is CNCC(=O)c1ccc(Br)cc1Cl. The van der Waals surface area contributed by atoms with Gasteiger partial charge in [-0.3, -0.25) is 4.79 Å². The van der Waals surface area contributed by atoms with Crippen LogP contribution in [0.2, 0.25) is 5.02 Å². The van der Waals surface area contributed by atoms with Gasteiger partial charge in [-0.05, 0) is 25.2 Å². The number of benzene rings is 1. The second kappa shape index (κ2) is 4.74. The zero-order valence-electron chi connectivity index (χ0n) is 7.10. The molecule has 0 atom stereocenters. The van der Waals surface area contributed by atoms with Crippen LogP contribution in [0.5, 0.6) is 0 Å². The van der Waals surface area contributed by atoms with Gasteiger partial charge in [-0.25, -0.2) is 0 Å². The minimum absolute atomic E-state index is 0.000000000000000444. The van der Waals surface area contributed by atoms with E-state index in [9.17, 15) is 4.79 Å². The van der Waals surface area contributed by atoms with E-state index in [-0.39, 0.29) is 5.78 Å². The van der Waals surface area contributed by atoms with Crippen LogP contribution in [0.1, 0.15) is 10.4 Å². The van der Waals surface area contributed by atoms with Crippen molar-refractivity contribution in [3.8, 4) is 0 Å². The van der Waals surface area contributed by atoms with Crippen molar-refractivity contribution in [3.05, 3.63) is 33.3 Å². The van der Waals surface area contributed by atoms with Crippen LogP contribution in [0.25, 0.3) is 0 Å². The van der Waals surface area contributed by atoms with E-state index in [1.165, 1.54) is 0 Å². The Morgan fingerprint density at radius 1 is 1.62 bits per heavy atom. The lowest BCUT2D eigenvalue weighted by molar-refractivity contribution is 0.0994. The summed E-state index contributed by atoms with van der Waals surface area (Å²) < 4.78 is 0.874. The van der Waals surface area contributed by atoms with Crippen molar-refractivity contribution in [2.45, 2.75) is 0 Å². The fourth-order valence-electron chi connectivity index (χ4n) is 0.971. The summed E-state index contributed by atoms with van der Waals surface area (Å²) in [4.78, 5) is 11.4. The van der Waals surface area contributed by atoms with Crippen molar-refractivity contribution in [1.82, 2.24) is 5.32 Å². The summed E-state index contributed by atoms with van der Waals surface area (Å²) in [5.74, 6) is 0.000000000000000444. The number of Topliss-reactive ketones (excluding diaryl/α,β-unsaturated/α-hetero) is 1. The summed E-state index contributed by atoms with van der Waals surface area (Å²) in [5.41, 5.74) is 0.555. The van der Waals surface area contributed by atoms with Crippen LogP contribution in [0.15, 0.2) is 22.7 Å². The van der Waals surface area contributed by atoms with E-state index < -0.39 is 0 Å². The predicted molar refractivity (Wildman–Crippen MR) is 57.4 cm³/mol. The summed E-state index contributed by atoms with van der Waals surface area (Å²) in [6.45, 7) is 0.307. The fourth-order valence-corrected chi connectivity index (χ4v) is 1.75. The molecule has 1 rings (SSSR count). The molecule has 0 heterocycles. The summed E-state index contributed by atoms with van der Waals surface area (Å²) in [7, 11) is 1.73. The van der Waals surface area contributed by atoms with Crippen LogP contribution in [-0.2, 0) is 0 Å². The zero-order chi connectivity index (χ0) is 9.84. The molecule has 0 bridgehead atoms. The lowest BCUT2D eigenvalue weighted by Gasteiger charge is -2.02. The second-order valence-corrected chi connectivity index (χ2v) is 3.90. The Morgan fingerprint density at radius 2 is 2.31 bits per heavy atom. The van der Waals surface area contributed by atoms with E-state index >= 15 is 0 Å². The van der Waals surface area contributed by atoms with Gasteiger partial charge in [0.15, 0.2) is 5.78 Å². The number of carbonyl (C=O) groups is 1. The minimum Gasteiger partial charge on any atom is -0.313 e. The molecule has 1 N–H and O–H groups in total. The van der Waals surface area contributed by atoms with Crippen LogP contribution in [0.4, 0.5) is 0 Å². The predicted octanol–water partition coefficient (Wildman–Crippen LogP) is 2.50. The number of hydrogen-bond acceptors (Lipinski definition) is 2. The summed E-state index contributed by atoms with van der Waals surface area (Å²) in [6, 6.07) is 5.23. The number of halogens is 2. The number of ketones is 1. The van der Waals surface area contributed by atoms with Gasteiger partial charge in [0, 0.05) is 10.0 Å². The topological polar surface area (TPSA) is 29.1 Å². The molecule has 0 spiro atoms. The van der Waals surface area contributed by atoms with E-state index in [1.54, 1.807) is 25.2 Å². The van der Waals surface area contributed by atoms with E-state index in [0.29, 0.717) is 17.1 Å². The molecule has 13 heavy (non-hydrogen) atoms. The lowest BCUT2D eigenvalue weighted by Crippen LogP contribution is -2.18. The molecular weight excluding hydrogens is 253 g/mol. The number of rotatable bonds is 3. The quantitative estimate of drug-likeness (QED) is 0.848. The second-order valence-electron chi connectivity index (χ2n) is 2.58. The number of hydrogen-bond donors (Lipinski definition) is 1. The molecule has 70 valence electrons. The fraction of sp³-hybridized carbons (Fsp3) is 0.222. The van der Waals surface area contributed by atoms with Gasteiger partial charge in [-0.1, -0.05) is 27.5 Å². The van der Waals surface area contributed by atoms with Gasteiger partial charge in [0.05, 0.1) is 11.6 Å². The monoisotopic (exact) mass is 261 g/mol. The zero-order valence-corrected chi connectivity index (χ0v) is 9.45. The maximum Gasteiger partial charge on any atom is 0.178 e. The molecule has 0 saturated heterocycles. The summed E-state index contributed by atoms with van der Waals surface area (Å²) in [6.07, 6.45) is 0. The van der Waals surface area contributed by atoms with E-state index in [4.69, 9.17) is 11.6 Å². The maximum atomic E-state index is 11.4. The first-order valence-corrected chi connectivity index (χ1v) is 4.95. The molecule has 0 fully saturated rings. The third-order valence-electron chi connectivity index (χ3n) is 1.57. The highest BCUT2D eigenvalue weighted by Crippen LogP contribution is 2.21. The Balaban J connectivity index is 2.95. The van der Waals surface area contributed by atoms with E-state index in [2.05, 4.69) is 21.2 Å². The Hall–Kier alpha value is -0.380. The molecule has 0 aromatic heterocycles. The molecule has 0 aliphatic rings. The van der Waals surface area contributed by atoms with E-state index in [0.717, 1.165) is 4.47 Å². The van der Waals surface area contributed by atoms with Crippen molar-refractivity contribution in [2.75, 3.05) is 13.6 Å². The molecule has 0 unspecified atom stereocenters. The van der Waals surface area contributed by atoms with E-state index in [1.807, 2.05) is 0 Å². The first-order chi connectivity index (χ1) is 6.15. The largest absolute Gasteiger partial charge is 0.313 e. The summed E-state index contributed by atoms with van der Waals surface area (Å²) >= 11 is 9.15. The van der Waals surface area contributed by atoms with Crippen LogP contribution in [-0.4, -0.2) is 19.4 Å². The van der Waals surface area contributed by atoms with Gasteiger partial charge in [-0.2, -0.15) is 0 Å². The highest BCUT2D eigenvalue weighted by atomic mass is 79.9. The Bertz CT molecular complexity index is 327. The highest BCUT2D eigenvalue weighted by Gasteiger charge is 2.08. The number of likely N-dealkylation sites (N-methyl/N-ethyl adjacent to an activating group) is 1. The van der Waals surface area contributed by atoms with Crippen LogP contribution < -0.4 is 5.32 Å². The molecule has 0 saturated carbocycles. The average Bonchev–Trinajstić information content (AvgIpc) is 2.04. The molecule has 1 aromatic carbocycles. The summed E-state index contributed by atoms with van der Waals surface area (Å²) in [5, 5.41) is 3.27. The van der Waals surface area contributed by atoms with Crippen LogP contribution in [0, 0.1) is 0 Å². The van der Waals surface area contributed by atoms with Gasteiger partial charge >= 0.3 is 0 Å². The highest BCUT2D eigenvalue weighted by molar-refractivity contribution is 9.10. The molecule has 4 heteroatoms. The van der Waals surface area contributed by atoms with Crippen molar-refractivity contribution >= 4 is 33.3 Å². The standard InChI is InChI=1S/C9H9BrClNO/c1-12-5-9(13)7-3-2-6(10)4-8(7)11/h2-4,12H,5H2,1H3. The van der Waals surface area contributed by atoms with Crippen LogP contribution in [0.3, 0.4) is 0 Å². The first kappa shape index (κ1) is 10.7. The Morgan fingerprint density at radius 3 is 2.85 bits per heavy atom. The third-order valence-corrected chi connectivity index (χ3v) is 2.37. The molecule has 0 aliphatic carbocycles. The van der Waals surface area contributed by atoms with Crippen molar-refractivity contribution in [1.29, 1.82) is 0 Å². The average molecular weight is 263 g/mol. The van der Waals surface area contributed by atoms with Crippen molar-refractivity contribution in [3.63, 3.8) is 0 Å². The molecule has 0 radical (unpaired) electrons. The normalized spacial score (nSPS) is 10.1. The van der Waals surface area contributed by atoms with Gasteiger partial charge < -0.3 is 5.32 Å². The molecule has 1 aromatic rings. The van der Waals surface area contributed by atoms with Gasteiger partial charge in [0.25, 0.3) is 0 Å². The van der Waals surface area contributed by atoms with Gasteiger partial charge in [0.2, 0.25) is 0 Å². The molecule has 0 aliphatic heterocycles. The first-order valence-electron chi connectivity index (χ1n) is 3.78. The maximum absolute atomic E-state index is 11.4. The lowest BCUT2D eigenvalue weighted by atomic mass is 10.1. The Kier molecular flexibility index (Phi) is 3.90. The molecular formula is C9H9BrClNO.